The maximum Gasteiger partial charge on any atom is 0.297 e. The highest BCUT2D eigenvalue weighted by Gasteiger charge is 2.28. The summed E-state index contributed by atoms with van der Waals surface area (Å²) >= 11 is 0. The van der Waals surface area contributed by atoms with Crippen LogP contribution < -0.4 is 0 Å². The molecule has 2 atom stereocenters. The van der Waals surface area contributed by atoms with Crippen molar-refractivity contribution in [2.75, 3.05) is 13.2 Å². The Balaban J connectivity index is 1.64. The number of hydrogen-bond acceptors (Lipinski definition) is 6. The number of aliphatic hydroxyl groups is 1. The average Bonchev–Trinajstić information content (AvgIpc) is 2.80. The molecular formula is C25H28O6S. The van der Waals surface area contributed by atoms with E-state index in [1.165, 1.54) is 12.1 Å². The zero-order chi connectivity index (χ0) is 22.8. The van der Waals surface area contributed by atoms with E-state index in [1.54, 1.807) is 12.1 Å². The van der Waals surface area contributed by atoms with Gasteiger partial charge in [0.15, 0.2) is 0 Å². The molecule has 170 valence electrons. The van der Waals surface area contributed by atoms with Crippen LogP contribution in [-0.2, 0) is 37.0 Å². The highest BCUT2D eigenvalue weighted by molar-refractivity contribution is 7.86. The molecule has 0 aliphatic rings. The first-order valence-electron chi connectivity index (χ1n) is 10.4. The number of rotatable bonds is 12. The lowest BCUT2D eigenvalue weighted by Crippen LogP contribution is -2.38. The minimum Gasteiger partial charge on any atom is -0.388 e. The third kappa shape index (κ3) is 7.55. The number of aliphatic hydroxyl groups excluding tert-OH is 1. The summed E-state index contributed by atoms with van der Waals surface area (Å²) in [5.74, 6) is 0. The summed E-state index contributed by atoms with van der Waals surface area (Å²) in [5.41, 5.74) is 2.81. The standard InChI is InChI=1S/C25H28O6S/c1-20-12-14-23(15-13-20)32(27,28)31-25(19-30-17-22-10-6-3-7-11-22)24(26)18-29-16-21-8-4-2-5-9-21/h2-15,24-26H,16-19H2,1H3/t24-,25+/m1/s1. The van der Waals surface area contributed by atoms with Crippen LogP contribution in [0.4, 0.5) is 0 Å². The van der Waals surface area contributed by atoms with Crippen LogP contribution in [-0.4, -0.2) is 38.9 Å². The van der Waals surface area contributed by atoms with Crippen LogP contribution >= 0.6 is 0 Å². The van der Waals surface area contributed by atoms with Gasteiger partial charge in [-0.05, 0) is 30.2 Å². The van der Waals surface area contributed by atoms with E-state index in [1.807, 2.05) is 67.6 Å². The van der Waals surface area contributed by atoms with Crippen molar-refractivity contribution in [1.29, 1.82) is 0 Å². The molecule has 0 heterocycles. The van der Waals surface area contributed by atoms with Crippen LogP contribution in [0.15, 0.2) is 89.8 Å². The summed E-state index contributed by atoms with van der Waals surface area (Å²) in [6, 6.07) is 25.3. The normalized spacial score (nSPS) is 13.6. The molecule has 32 heavy (non-hydrogen) atoms. The van der Waals surface area contributed by atoms with Crippen LogP contribution in [0.3, 0.4) is 0 Å². The molecule has 0 aromatic heterocycles. The summed E-state index contributed by atoms with van der Waals surface area (Å²) in [4.78, 5) is 0.0218. The van der Waals surface area contributed by atoms with Crippen LogP contribution in [0.5, 0.6) is 0 Å². The zero-order valence-electron chi connectivity index (χ0n) is 18.0. The van der Waals surface area contributed by atoms with Crippen molar-refractivity contribution >= 4 is 10.1 Å². The van der Waals surface area contributed by atoms with Gasteiger partial charge in [-0.15, -0.1) is 0 Å². The minimum absolute atomic E-state index is 0.0218. The Morgan fingerprint density at radius 3 is 1.78 bits per heavy atom. The molecule has 0 saturated heterocycles. The average molecular weight is 457 g/mol. The molecule has 3 aromatic carbocycles. The first-order valence-corrected chi connectivity index (χ1v) is 11.8. The highest BCUT2D eigenvalue weighted by atomic mass is 32.2. The molecule has 0 radical (unpaired) electrons. The Hall–Kier alpha value is -2.55. The molecule has 0 saturated carbocycles. The summed E-state index contributed by atoms with van der Waals surface area (Å²) in [7, 11) is -4.09. The molecule has 0 unspecified atom stereocenters. The first kappa shape index (κ1) is 24.1. The number of benzene rings is 3. The fourth-order valence-electron chi connectivity index (χ4n) is 2.97. The predicted octanol–water partition coefficient (Wildman–Crippen LogP) is 3.86. The zero-order valence-corrected chi connectivity index (χ0v) is 18.8. The second kappa shape index (κ2) is 11.9. The lowest BCUT2D eigenvalue weighted by Gasteiger charge is -2.23. The van der Waals surface area contributed by atoms with E-state index < -0.39 is 22.3 Å². The molecular weight excluding hydrogens is 428 g/mol. The second-order valence-electron chi connectivity index (χ2n) is 7.47. The topological polar surface area (TPSA) is 82.1 Å². The van der Waals surface area contributed by atoms with Crippen molar-refractivity contribution in [3.8, 4) is 0 Å². The smallest absolute Gasteiger partial charge is 0.297 e. The number of hydrogen-bond donors (Lipinski definition) is 1. The molecule has 0 spiro atoms. The van der Waals surface area contributed by atoms with Gasteiger partial charge in [0.05, 0.1) is 31.3 Å². The Morgan fingerprint density at radius 1 is 0.750 bits per heavy atom. The molecule has 1 N–H and O–H groups in total. The van der Waals surface area contributed by atoms with Crippen molar-refractivity contribution in [2.24, 2.45) is 0 Å². The van der Waals surface area contributed by atoms with Crippen LogP contribution in [0, 0.1) is 6.92 Å². The monoisotopic (exact) mass is 456 g/mol. The molecule has 6 nitrogen and oxygen atoms in total. The second-order valence-corrected chi connectivity index (χ2v) is 9.04. The Kier molecular flexibility index (Phi) is 8.96. The van der Waals surface area contributed by atoms with Gasteiger partial charge >= 0.3 is 0 Å². The van der Waals surface area contributed by atoms with Crippen molar-refractivity contribution in [3.63, 3.8) is 0 Å². The SMILES string of the molecule is Cc1ccc(S(=O)(=O)O[C@@H](COCc2ccccc2)[C@H](O)COCc2ccccc2)cc1. The van der Waals surface area contributed by atoms with Crippen molar-refractivity contribution in [2.45, 2.75) is 37.2 Å². The molecule has 3 rings (SSSR count). The van der Waals surface area contributed by atoms with Gasteiger partial charge in [0.1, 0.15) is 12.2 Å². The Bertz CT molecular complexity index is 1040. The summed E-state index contributed by atoms with van der Waals surface area (Å²) in [5, 5.41) is 10.6. The van der Waals surface area contributed by atoms with Gasteiger partial charge in [-0.1, -0.05) is 78.4 Å². The largest absolute Gasteiger partial charge is 0.388 e. The third-order valence-corrected chi connectivity index (χ3v) is 6.13. The van der Waals surface area contributed by atoms with Crippen molar-refractivity contribution < 1.29 is 27.2 Å². The minimum atomic E-state index is -4.09. The molecule has 0 fully saturated rings. The molecule has 0 aliphatic carbocycles. The van der Waals surface area contributed by atoms with E-state index in [-0.39, 0.29) is 24.7 Å². The quantitative estimate of drug-likeness (QED) is 0.417. The Labute approximate surface area is 189 Å². The lowest BCUT2D eigenvalue weighted by molar-refractivity contribution is -0.0631. The maximum absolute atomic E-state index is 12.8. The predicted molar refractivity (Wildman–Crippen MR) is 121 cm³/mol. The van der Waals surface area contributed by atoms with E-state index in [0.29, 0.717) is 6.61 Å². The fourth-order valence-corrected chi connectivity index (χ4v) is 4.06. The summed E-state index contributed by atoms with van der Waals surface area (Å²) in [6.07, 6.45) is -2.32. The highest BCUT2D eigenvalue weighted by Crippen LogP contribution is 2.18. The van der Waals surface area contributed by atoms with Crippen LogP contribution in [0.2, 0.25) is 0 Å². The van der Waals surface area contributed by atoms with Gasteiger partial charge in [0.2, 0.25) is 0 Å². The maximum atomic E-state index is 12.8. The summed E-state index contributed by atoms with van der Waals surface area (Å²) < 4.78 is 42.1. The van der Waals surface area contributed by atoms with Gasteiger partial charge in [0, 0.05) is 0 Å². The van der Waals surface area contributed by atoms with Gasteiger partial charge in [-0.25, -0.2) is 0 Å². The van der Waals surface area contributed by atoms with Crippen LogP contribution in [0.25, 0.3) is 0 Å². The lowest BCUT2D eigenvalue weighted by atomic mass is 10.2. The van der Waals surface area contributed by atoms with E-state index in [4.69, 9.17) is 13.7 Å². The van der Waals surface area contributed by atoms with E-state index >= 15 is 0 Å². The van der Waals surface area contributed by atoms with Crippen molar-refractivity contribution in [1.82, 2.24) is 0 Å². The molecule has 3 aromatic rings. The summed E-state index contributed by atoms with van der Waals surface area (Å²) in [6.45, 7) is 2.21. The fraction of sp³-hybridized carbons (Fsp3) is 0.280. The van der Waals surface area contributed by atoms with Gasteiger partial charge < -0.3 is 14.6 Å². The van der Waals surface area contributed by atoms with E-state index in [9.17, 15) is 13.5 Å². The van der Waals surface area contributed by atoms with Gasteiger partial charge in [-0.2, -0.15) is 8.42 Å². The molecule has 0 bridgehead atoms. The van der Waals surface area contributed by atoms with E-state index in [2.05, 4.69) is 0 Å². The van der Waals surface area contributed by atoms with Gasteiger partial charge in [0.25, 0.3) is 10.1 Å². The molecule has 0 aliphatic heterocycles. The van der Waals surface area contributed by atoms with Crippen LogP contribution in [0.1, 0.15) is 16.7 Å². The first-order chi connectivity index (χ1) is 15.4. The van der Waals surface area contributed by atoms with E-state index in [0.717, 1.165) is 16.7 Å². The van der Waals surface area contributed by atoms with Gasteiger partial charge in [-0.3, -0.25) is 4.18 Å². The third-order valence-electron chi connectivity index (χ3n) is 4.78. The molecule has 7 heteroatoms. The molecule has 0 amide bonds. The van der Waals surface area contributed by atoms with Crippen molar-refractivity contribution in [3.05, 3.63) is 102 Å². The Morgan fingerprint density at radius 2 is 1.25 bits per heavy atom. The number of aryl methyl sites for hydroxylation is 1. The number of ether oxygens (including phenoxy) is 2.